The highest BCUT2D eigenvalue weighted by molar-refractivity contribution is 7.89. The Morgan fingerprint density at radius 2 is 1.91 bits per heavy atom. The van der Waals surface area contributed by atoms with Crippen LogP contribution in [0.15, 0.2) is 46.3 Å². The zero-order valence-corrected chi connectivity index (χ0v) is 18.0. The number of nitrogens with two attached hydrogens (primary N) is 1. The van der Waals surface area contributed by atoms with Crippen molar-refractivity contribution < 1.29 is 17.9 Å². The zero-order chi connectivity index (χ0) is 22.7. The van der Waals surface area contributed by atoms with Gasteiger partial charge >= 0.3 is 5.69 Å². The minimum Gasteiger partial charge on any atom is -0.378 e. The summed E-state index contributed by atoms with van der Waals surface area (Å²) in [5, 5.41) is 12.1. The molecule has 1 aromatic carbocycles. The van der Waals surface area contributed by atoms with Crippen LogP contribution in [-0.2, 0) is 32.5 Å². The van der Waals surface area contributed by atoms with Crippen LogP contribution in [0, 0.1) is 0 Å². The number of primary sulfonamides is 1. The monoisotopic (exact) mass is 461 g/mol. The number of amides is 1. The first-order chi connectivity index (χ1) is 15.3. The average Bonchev–Trinajstić information content (AvgIpc) is 3.09. The van der Waals surface area contributed by atoms with Crippen molar-refractivity contribution in [3.05, 3.63) is 52.7 Å². The van der Waals surface area contributed by atoms with Gasteiger partial charge in [0.1, 0.15) is 6.54 Å². The largest absolute Gasteiger partial charge is 0.378 e. The fourth-order valence-electron chi connectivity index (χ4n) is 3.42. The van der Waals surface area contributed by atoms with E-state index in [9.17, 15) is 18.0 Å². The maximum absolute atomic E-state index is 12.7. The smallest absolute Gasteiger partial charge is 0.350 e. The SMILES string of the molecule is NS(=O)(=O)c1ccc(CCNC(=O)Cn2nc3c(N4CCOCC4)nccn3c2=O)cc1. The first-order valence-electron chi connectivity index (χ1n) is 9.98. The number of morpholine rings is 1. The van der Waals surface area contributed by atoms with E-state index in [2.05, 4.69) is 15.4 Å². The molecule has 0 radical (unpaired) electrons. The number of sulfonamides is 1. The van der Waals surface area contributed by atoms with Crippen LogP contribution in [0.3, 0.4) is 0 Å². The Bertz CT molecular complexity index is 1280. The number of anilines is 1. The third-order valence-corrected chi connectivity index (χ3v) is 6.00. The summed E-state index contributed by atoms with van der Waals surface area (Å²) in [7, 11) is -3.74. The van der Waals surface area contributed by atoms with Crippen molar-refractivity contribution in [3.8, 4) is 0 Å². The minimum atomic E-state index is -3.74. The molecule has 3 heterocycles. The summed E-state index contributed by atoms with van der Waals surface area (Å²) in [5.74, 6) is 0.215. The van der Waals surface area contributed by atoms with Crippen LogP contribution in [0.25, 0.3) is 5.65 Å². The van der Waals surface area contributed by atoms with Gasteiger partial charge in [-0.3, -0.25) is 4.79 Å². The topological polar surface area (TPSA) is 154 Å². The van der Waals surface area contributed by atoms with Crippen molar-refractivity contribution in [2.24, 2.45) is 5.14 Å². The van der Waals surface area contributed by atoms with Crippen LogP contribution in [0.2, 0.25) is 0 Å². The molecule has 1 aliphatic rings. The summed E-state index contributed by atoms with van der Waals surface area (Å²) < 4.78 is 30.4. The minimum absolute atomic E-state index is 0.0300. The van der Waals surface area contributed by atoms with Gasteiger partial charge in [0.25, 0.3) is 0 Å². The lowest BCUT2D eigenvalue weighted by atomic mass is 10.1. The maximum Gasteiger partial charge on any atom is 0.350 e. The van der Waals surface area contributed by atoms with Gasteiger partial charge in [-0.2, -0.15) is 0 Å². The van der Waals surface area contributed by atoms with Crippen molar-refractivity contribution in [1.29, 1.82) is 0 Å². The molecule has 3 aromatic rings. The van der Waals surface area contributed by atoms with Gasteiger partial charge in [-0.05, 0) is 24.1 Å². The summed E-state index contributed by atoms with van der Waals surface area (Å²) in [6.45, 7) is 2.52. The zero-order valence-electron chi connectivity index (χ0n) is 17.2. The van der Waals surface area contributed by atoms with Gasteiger partial charge in [0.15, 0.2) is 5.82 Å². The standard InChI is InChI=1S/C19H23N7O5S/c20-32(29,30)15-3-1-14(2-4-15)5-6-21-16(27)13-26-19(28)25-8-7-22-17(18(25)23-26)24-9-11-31-12-10-24/h1-4,7-8H,5-6,9-13H2,(H,21,27)(H2,20,29,30). The molecular formula is C19H23N7O5S. The van der Waals surface area contributed by atoms with Crippen LogP contribution < -0.4 is 21.0 Å². The third-order valence-electron chi connectivity index (χ3n) is 5.07. The van der Waals surface area contributed by atoms with Gasteiger partial charge in [0, 0.05) is 32.0 Å². The Morgan fingerprint density at radius 3 is 2.59 bits per heavy atom. The Labute approximate surface area is 183 Å². The van der Waals surface area contributed by atoms with Crippen molar-refractivity contribution in [2.75, 3.05) is 37.7 Å². The van der Waals surface area contributed by atoms with E-state index in [0.717, 1.165) is 10.2 Å². The number of fused-ring (bicyclic) bond motifs is 1. The van der Waals surface area contributed by atoms with Crippen LogP contribution >= 0.6 is 0 Å². The van der Waals surface area contributed by atoms with Gasteiger partial charge in [0.05, 0.1) is 18.1 Å². The van der Waals surface area contributed by atoms with E-state index in [4.69, 9.17) is 9.88 Å². The average molecular weight is 462 g/mol. The predicted molar refractivity (Wildman–Crippen MR) is 115 cm³/mol. The number of nitrogens with zero attached hydrogens (tertiary/aromatic N) is 5. The van der Waals surface area contributed by atoms with Crippen molar-refractivity contribution in [2.45, 2.75) is 17.9 Å². The lowest BCUT2D eigenvalue weighted by Crippen LogP contribution is -2.37. The fourth-order valence-corrected chi connectivity index (χ4v) is 3.94. The lowest BCUT2D eigenvalue weighted by molar-refractivity contribution is -0.121. The summed E-state index contributed by atoms with van der Waals surface area (Å²) >= 11 is 0. The molecule has 0 saturated carbocycles. The third kappa shape index (κ3) is 4.79. The highest BCUT2D eigenvalue weighted by atomic mass is 32.2. The van der Waals surface area contributed by atoms with Crippen molar-refractivity contribution in [1.82, 2.24) is 24.5 Å². The number of carbonyl (C=O) groups excluding carboxylic acids is 1. The molecule has 32 heavy (non-hydrogen) atoms. The van der Waals surface area contributed by atoms with E-state index in [1.54, 1.807) is 12.1 Å². The van der Waals surface area contributed by atoms with Gasteiger partial charge < -0.3 is 15.0 Å². The Kier molecular flexibility index (Phi) is 6.21. The summed E-state index contributed by atoms with van der Waals surface area (Å²) in [6, 6.07) is 6.11. The van der Waals surface area contributed by atoms with Crippen LogP contribution in [0.4, 0.5) is 5.82 Å². The molecule has 4 rings (SSSR count). The van der Waals surface area contributed by atoms with Crippen LogP contribution in [0.1, 0.15) is 5.56 Å². The van der Waals surface area contributed by atoms with E-state index in [1.807, 2.05) is 4.90 Å². The molecule has 2 aromatic heterocycles. The molecule has 170 valence electrons. The number of hydrogen-bond donors (Lipinski definition) is 2. The molecule has 1 fully saturated rings. The first-order valence-corrected chi connectivity index (χ1v) is 11.5. The normalized spacial score (nSPS) is 14.6. The van der Waals surface area contributed by atoms with Crippen LogP contribution in [-0.4, -0.2) is 66.3 Å². The van der Waals surface area contributed by atoms with E-state index in [1.165, 1.54) is 28.9 Å². The molecule has 0 atom stereocenters. The predicted octanol–water partition coefficient (Wildman–Crippen LogP) is -1.27. The van der Waals surface area contributed by atoms with Gasteiger partial charge in [0.2, 0.25) is 21.6 Å². The summed E-state index contributed by atoms with van der Waals surface area (Å²) in [6.07, 6.45) is 3.54. The molecule has 12 nitrogen and oxygen atoms in total. The summed E-state index contributed by atoms with van der Waals surface area (Å²) in [5.41, 5.74) is 0.802. The number of benzene rings is 1. The quantitative estimate of drug-likeness (QED) is 0.442. The van der Waals surface area contributed by atoms with Crippen molar-refractivity contribution >= 4 is 27.4 Å². The number of nitrogens with one attached hydrogen (secondary N) is 1. The van der Waals surface area contributed by atoms with Crippen LogP contribution in [0.5, 0.6) is 0 Å². The lowest BCUT2D eigenvalue weighted by Gasteiger charge is -2.27. The molecule has 1 aliphatic heterocycles. The number of aromatic nitrogens is 4. The second-order valence-corrected chi connectivity index (χ2v) is 8.83. The van der Waals surface area contributed by atoms with Gasteiger partial charge in [-0.25, -0.2) is 32.4 Å². The second-order valence-electron chi connectivity index (χ2n) is 7.27. The maximum atomic E-state index is 12.7. The van der Waals surface area contributed by atoms with E-state index in [0.29, 0.717) is 50.7 Å². The second kappa shape index (κ2) is 9.06. The fraction of sp³-hybridized carbons (Fsp3) is 0.368. The Balaban J connectivity index is 1.39. The number of hydrogen-bond acceptors (Lipinski definition) is 8. The first kappa shape index (κ1) is 21.9. The molecular weight excluding hydrogens is 438 g/mol. The van der Waals surface area contributed by atoms with Gasteiger partial charge in [-0.15, -0.1) is 5.10 Å². The number of ether oxygens (including phenoxy) is 1. The van der Waals surface area contributed by atoms with E-state index in [-0.39, 0.29) is 17.3 Å². The number of carbonyl (C=O) groups is 1. The molecule has 0 unspecified atom stereocenters. The van der Waals surface area contributed by atoms with E-state index < -0.39 is 15.7 Å². The molecule has 1 amide bonds. The van der Waals surface area contributed by atoms with E-state index >= 15 is 0 Å². The van der Waals surface area contributed by atoms with Crippen molar-refractivity contribution in [3.63, 3.8) is 0 Å². The molecule has 13 heteroatoms. The Morgan fingerprint density at radius 1 is 1.19 bits per heavy atom. The molecule has 3 N–H and O–H groups in total. The molecule has 0 aliphatic carbocycles. The van der Waals surface area contributed by atoms with Gasteiger partial charge in [-0.1, -0.05) is 12.1 Å². The number of rotatable bonds is 7. The Hall–Kier alpha value is -3.29. The molecule has 1 saturated heterocycles. The summed E-state index contributed by atoms with van der Waals surface area (Å²) in [4.78, 5) is 31.4. The molecule has 0 bridgehead atoms. The highest BCUT2D eigenvalue weighted by Crippen LogP contribution is 2.16. The highest BCUT2D eigenvalue weighted by Gasteiger charge is 2.20. The molecule has 0 spiro atoms.